The van der Waals surface area contributed by atoms with E-state index in [4.69, 9.17) is 0 Å². The predicted octanol–water partition coefficient (Wildman–Crippen LogP) is -0.885. The van der Waals surface area contributed by atoms with Crippen LogP contribution < -0.4 is 10.6 Å². The summed E-state index contributed by atoms with van der Waals surface area (Å²) in [6.07, 6.45) is 1.30. The zero-order valence-electron chi connectivity index (χ0n) is 5.96. The summed E-state index contributed by atoms with van der Waals surface area (Å²) in [5.41, 5.74) is 0. The van der Waals surface area contributed by atoms with Gasteiger partial charge in [-0.3, -0.25) is 9.59 Å². The summed E-state index contributed by atoms with van der Waals surface area (Å²) in [5.74, 6) is 0.287. The van der Waals surface area contributed by atoms with Crippen LogP contribution in [0.25, 0.3) is 0 Å². The maximum atomic E-state index is 9.78. The molecule has 0 rings (SSSR count). The molecule has 0 saturated carbocycles. The third kappa shape index (κ3) is 5.08. The van der Waals surface area contributed by atoms with Gasteiger partial charge in [-0.1, -0.05) is 6.92 Å². The average molecular weight is 144 g/mol. The van der Waals surface area contributed by atoms with Crippen LogP contribution in [0.4, 0.5) is 0 Å². The SMILES string of the molecule is CC(CNC=O)CNC=O. The Morgan fingerprint density at radius 2 is 1.60 bits per heavy atom. The van der Waals surface area contributed by atoms with Gasteiger partial charge in [-0.05, 0) is 5.92 Å². The molecule has 58 valence electrons. The monoisotopic (exact) mass is 144 g/mol. The molecule has 2 amide bonds. The Balaban J connectivity index is 3.15. The molecule has 0 fully saturated rings. The Morgan fingerprint density at radius 3 is 1.90 bits per heavy atom. The molecular formula is C6H12N2O2. The van der Waals surface area contributed by atoms with Crippen molar-refractivity contribution >= 4 is 12.8 Å². The lowest BCUT2D eigenvalue weighted by molar-refractivity contribution is -0.109. The van der Waals surface area contributed by atoms with Crippen LogP contribution in [-0.4, -0.2) is 25.9 Å². The van der Waals surface area contributed by atoms with Crippen molar-refractivity contribution < 1.29 is 9.59 Å². The molecule has 4 heteroatoms. The lowest BCUT2D eigenvalue weighted by Gasteiger charge is -2.07. The van der Waals surface area contributed by atoms with Gasteiger partial charge in [0.15, 0.2) is 0 Å². The van der Waals surface area contributed by atoms with Crippen LogP contribution in [0.2, 0.25) is 0 Å². The number of nitrogens with one attached hydrogen (secondary N) is 2. The Labute approximate surface area is 60.0 Å². The number of amides is 2. The van der Waals surface area contributed by atoms with Crippen LogP contribution in [0.1, 0.15) is 6.92 Å². The van der Waals surface area contributed by atoms with Gasteiger partial charge in [0.05, 0.1) is 0 Å². The Kier molecular flexibility index (Phi) is 5.42. The summed E-state index contributed by atoms with van der Waals surface area (Å²) < 4.78 is 0. The molecule has 0 aliphatic heterocycles. The number of rotatable bonds is 6. The predicted molar refractivity (Wildman–Crippen MR) is 37.3 cm³/mol. The van der Waals surface area contributed by atoms with E-state index in [2.05, 4.69) is 10.6 Å². The molecule has 0 aromatic rings. The lowest BCUT2D eigenvalue weighted by Crippen LogP contribution is -2.28. The molecule has 10 heavy (non-hydrogen) atoms. The highest BCUT2D eigenvalue weighted by atomic mass is 16.1. The molecule has 0 aliphatic carbocycles. The van der Waals surface area contributed by atoms with E-state index < -0.39 is 0 Å². The minimum atomic E-state index is 0.287. The van der Waals surface area contributed by atoms with Crippen LogP contribution >= 0.6 is 0 Å². The molecule has 4 nitrogen and oxygen atoms in total. The highest BCUT2D eigenvalue weighted by molar-refractivity contribution is 5.46. The first-order valence-electron chi connectivity index (χ1n) is 3.15. The maximum absolute atomic E-state index is 9.78. The van der Waals surface area contributed by atoms with E-state index in [1.54, 1.807) is 0 Å². The first-order chi connectivity index (χ1) is 4.81. The summed E-state index contributed by atoms with van der Waals surface area (Å²) in [4.78, 5) is 19.6. The number of carbonyl (C=O) groups excluding carboxylic acids is 2. The molecule has 0 bridgehead atoms. The van der Waals surface area contributed by atoms with Gasteiger partial charge in [0.25, 0.3) is 0 Å². The van der Waals surface area contributed by atoms with E-state index in [0.29, 0.717) is 25.9 Å². The average Bonchev–Trinajstić information content (AvgIpc) is 1.97. The van der Waals surface area contributed by atoms with Gasteiger partial charge in [-0.2, -0.15) is 0 Å². The number of carbonyl (C=O) groups is 2. The minimum absolute atomic E-state index is 0.287. The molecule has 0 radical (unpaired) electrons. The van der Waals surface area contributed by atoms with Crippen molar-refractivity contribution in [1.82, 2.24) is 10.6 Å². The molecule has 0 aromatic carbocycles. The first kappa shape index (κ1) is 8.94. The van der Waals surface area contributed by atoms with Crippen molar-refractivity contribution in [2.24, 2.45) is 5.92 Å². The van der Waals surface area contributed by atoms with Gasteiger partial charge >= 0.3 is 0 Å². The fourth-order valence-corrected chi connectivity index (χ4v) is 0.571. The summed E-state index contributed by atoms with van der Waals surface area (Å²) in [5, 5.41) is 5.04. The van der Waals surface area contributed by atoms with E-state index >= 15 is 0 Å². The second-order valence-electron chi connectivity index (χ2n) is 2.16. The van der Waals surface area contributed by atoms with E-state index in [9.17, 15) is 9.59 Å². The molecule has 0 heterocycles. The second kappa shape index (κ2) is 6.07. The summed E-state index contributed by atoms with van der Waals surface area (Å²) >= 11 is 0. The fourth-order valence-electron chi connectivity index (χ4n) is 0.571. The van der Waals surface area contributed by atoms with E-state index in [1.165, 1.54) is 0 Å². The quantitative estimate of drug-likeness (QED) is 0.475. The van der Waals surface area contributed by atoms with E-state index in [0.717, 1.165) is 0 Å². The van der Waals surface area contributed by atoms with Crippen LogP contribution in [0, 0.1) is 5.92 Å². The summed E-state index contributed by atoms with van der Waals surface area (Å²) in [7, 11) is 0. The minimum Gasteiger partial charge on any atom is -0.358 e. The Bertz CT molecular complexity index is 93.9. The van der Waals surface area contributed by atoms with Gasteiger partial charge in [-0.15, -0.1) is 0 Å². The van der Waals surface area contributed by atoms with Gasteiger partial charge < -0.3 is 10.6 Å². The summed E-state index contributed by atoms with van der Waals surface area (Å²) in [6, 6.07) is 0. The van der Waals surface area contributed by atoms with Crippen molar-refractivity contribution in [1.29, 1.82) is 0 Å². The number of hydrogen-bond acceptors (Lipinski definition) is 2. The van der Waals surface area contributed by atoms with Crippen molar-refractivity contribution in [3.05, 3.63) is 0 Å². The van der Waals surface area contributed by atoms with Crippen molar-refractivity contribution in [2.75, 3.05) is 13.1 Å². The van der Waals surface area contributed by atoms with Crippen LogP contribution in [-0.2, 0) is 9.59 Å². The lowest BCUT2D eigenvalue weighted by atomic mass is 10.2. The van der Waals surface area contributed by atoms with Gasteiger partial charge in [0.1, 0.15) is 0 Å². The van der Waals surface area contributed by atoms with Crippen LogP contribution in [0.3, 0.4) is 0 Å². The second-order valence-corrected chi connectivity index (χ2v) is 2.16. The van der Waals surface area contributed by atoms with Crippen molar-refractivity contribution in [2.45, 2.75) is 6.92 Å². The van der Waals surface area contributed by atoms with Crippen molar-refractivity contribution in [3.8, 4) is 0 Å². The zero-order chi connectivity index (χ0) is 7.82. The topological polar surface area (TPSA) is 58.2 Å². The molecule has 0 unspecified atom stereocenters. The maximum Gasteiger partial charge on any atom is 0.207 e. The standard InChI is InChI=1S/C6H12N2O2/c1-6(2-7-4-9)3-8-5-10/h4-6H,2-3H2,1H3,(H,7,9)(H,8,10). The van der Waals surface area contributed by atoms with Gasteiger partial charge in [-0.25, -0.2) is 0 Å². The summed E-state index contributed by atoms with van der Waals surface area (Å²) in [6.45, 7) is 3.14. The largest absolute Gasteiger partial charge is 0.358 e. The molecule has 0 aliphatic rings. The van der Waals surface area contributed by atoms with Crippen LogP contribution in [0.15, 0.2) is 0 Å². The van der Waals surface area contributed by atoms with E-state index in [-0.39, 0.29) is 5.92 Å². The molecule has 0 saturated heterocycles. The molecular weight excluding hydrogens is 132 g/mol. The smallest absolute Gasteiger partial charge is 0.207 e. The Hall–Kier alpha value is -1.06. The first-order valence-corrected chi connectivity index (χ1v) is 3.15. The molecule has 2 N–H and O–H groups in total. The zero-order valence-corrected chi connectivity index (χ0v) is 5.96. The highest BCUT2D eigenvalue weighted by Crippen LogP contribution is 1.86. The number of hydrogen-bond donors (Lipinski definition) is 2. The highest BCUT2D eigenvalue weighted by Gasteiger charge is 1.97. The fraction of sp³-hybridized carbons (Fsp3) is 0.667. The normalized spacial score (nSPS) is 9.00. The molecule has 0 aromatic heterocycles. The van der Waals surface area contributed by atoms with Crippen LogP contribution in [0.5, 0.6) is 0 Å². The molecule has 0 atom stereocenters. The van der Waals surface area contributed by atoms with E-state index in [1.807, 2.05) is 6.92 Å². The van der Waals surface area contributed by atoms with Gasteiger partial charge in [0, 0.05) is 13.1 Å². The molecule has 0 spiro atoms. The van der Waals surface area contributed by atoms with Crippen molar-refractivity contribution in [3.63, 3.8) is 0 Å². The third-order valence-electron chi connectivity index (χ3n) is 1.10. The third-order valence-corrected chi connectivity index (χ3v) is 1.10. The Morgan fingerprint density at radius 1 is 1.20 bits per heavy atom. The van der Waals surface area contributed by atoms with Gasteiger partial charge in [0.2, 0.25) is 12.8 Å².